The van der Waals surface area contributed by atoms with Crippen molar-refractivity contribution in [1.29, 1.82) is 0 Å². The third kappa shape index (κ3) is 3.49. The average Bonchev–Trinajstić information content (AvgIpc) is 3.10. The van der Waals surface area contributed by atoms with Crippen LogP contribution in [-0.2, 0) is 16.4 Å². The van der Waals surface area contributed by atoms with E-state index >= 15 is 0 Å². The minimum absolute atomic E-state index is 0.175. The van der Waals surface area contributed by atoms with Crippen LogP contribution in [0.5, 0.6) is 5.75 Å². The zero-order valence-corrected chi connectivity index (χ0v) is 14.9. The van der Waals surface area contributed by atoms with Crippen LogP contribution in [0.25, 0.3) is 11.1 Å². The van der Waals surface area contributed by atoms with Crippen LogP contribution in [0, 0.1) is 0 Å². The first-order valence-corrected chi connectivity index (χ1v) is 10.00. The Morgan fingerprint density at radius 2 is 1.50 bits per heavy atom. The molecule has 3 aromatic rings. The highest BCUT2D eigenvalue weighted by atomic mass is 32.2. The van der Waals surface area contributed by atoms with E-state index in [9.17, 15) is 8.42 Å². The van der Waals surface area contributed by atoms with E-state index in [-0.39, 0.29) is 17.5 Å². The first kappa shape index (κ1) is 16.8. The number of fused-ring (bicyclic) bond motifs is 1. The van der Waals surface area contributed by atoms with E-state index in [1.165, 1.54) is 0 Å². The van der Waals surface area contributed by atoms with Crippen LogP contribution in [0.1, 0.15) is 5.56 Å². The smallest absolute Gasteiger partial charge is 0.240 e. The van der Waals surface area contributed by atoms with Crippen molar-refractivity contribution in [2.75, 3.05) is 6.54 Å². The van der Waals surface area contributed by atoms with E-state index in [1.807, 2.05) is 66.7 Å². The van der Waals surface area contributed by atoms with Gasteiger partial charge in [0, 0.05) is 13.0 Å². The van der Waals surface area contributed by atoms with Gasteiger partial charge in [-0.1, -0.05) is 60.7 Å². The monoisotopic (exact) mass is 365 g/mol. The van der Waals surface area contributed by atoms with Crippen LogP contribution in [-0.4, -0.2) is 21.1 Å². The van der Waals surface area contributed by atoms with Gasteiger partial charge in [0.1, 0.15) is 11.9 Å². The summed E-state index contributed by atoms with van der Waals surface area (Å²) in [6, 6.07) is 24.6. The van der Waals surface area contributed by atoms with E-state index in [1.54, 1.807) is 12.1 Å². The molecule has 0 saturated carbocycles. The second-order valence-electron chi connectivity index (χ2n) is 6.29. The summed E-state index contributed by atoms with van der Waals surface area (Å²) in [6.45, 7) is 0.247. The molecule has 0 spiro atoms. The standard InChI is InChI=1S/C21H19NO3S/c23-26(24,22-15-19-14-18-8-4-5-9-21(18)25-19)20-12-10-17(11-13-20)16-6-2-1-3-7-16/h1-13,19,22H,14-15H2. The van der Waals surface area contributed by atoms with Gasteiger partial charge in [-0.05, 0) is 34.9 Å². The molecule has 4 nitrogen and oxygen atoms in total. The summed E-state index contributed by atoms with van der Waals surface area (Å²) in [5.74, 6) is 0.837. The number of ether oxygens (including phenoxy) is 1. The highest BCUT2D eigenvalue weighted by Gasteiger charge is 2.24. The molecular formula is C21H19NO3S. The summed E-state index contributed by atoms with van der Waals surface area (Å²) >= 11 is 0. The van der Waals surface area contributed by atoms with E-state index in [0.717, 1.165) is 22.4 Å². The van der Waals surface area contributed by atoms with Crippen molar-refractivity contribution in [3.63, 3.8) is 0 Å². The number of sulfonamides is 1. The van der Waals surface area contributed by atoms with Crippen LogP contribution >= 0.6 is 0 Å². The molecule has 0 radical (unpaired) electrons. The molecule has 0 aliphatic carbocycles. The summed E-state index contributed by atoms with van der Waals surface area (Å²) in [4.78, 5) is 0.257. The van der Waals surface area contributed by atoms with Gasteiger partial charge in [0.15, 0.2) is 0 Å². The Kier molecular flexibility index (Phi) is 4.49. The highest BCUT2D eigenvalue weighted by molar-refractivity contribution is 7.89. The molecule has 0 fully saturated rings. The molecule has 26 heavy (non-hydrogen) atoms. The van der Waals surface area contributed by atoms with Gasteiger partial charge in [0.25, 0.3) is 0 Å². The first-order valence-electron chi connectivity index (χ1n) is 8.51. The van der Waals surface area contributed by atoms with Gasteiger partial charge in [0.05, 0.1) is 4.90 Å². The zero-order chi connectivity index (χ0) is 18.0. The number of benzene rings is 3. The molecule has 1 heterocycles. The van der Waals surface area contributed by atoms with Crippen LogP contribution in [0.15, 0.2) is 83.8 Å². The predicted molar refractivity (Wildman–Crippen MR) is 102 cm³/mol. The normalized spacial score (nSPS) is 16.1. The molecule has 5 heteroatoms. The number of hydrogen-bond acceptors (Lipinski definition) is 3. The molecule has 1 N–H and O–H groups in total. The molecule has 4 rings (SSSR count). The summed E-state index contributed by atoms with van der Waals surface area (Å²) < 4.78 is 33.5. The van der Waals surface area contributed by atoms with Crippen molar-refractivity contribution in [3.8, 4) is 16.9 Å². The van der Waals surface area contributed by atoms with E-state index < -0.39 is 10.0 Å². The predicted octanol–water partition coefficient (Wildman–Crippen LogP) is 3.64. The Balaban J connectivity index is 1.42. The maximum Gasteiger partial charge on any atom is 0.240 e. The van der Waals surface area contributed by atoms with Gasteiger partial charge in [-0.15, -0.1) is 0 Å². The Labute approximate surface area is 153 Å². The quantitative estimate of drug-likeness (QED) is 0.751. The lowest BCUT2D eigenvalue weighted by Gasteiger charge is -2.12. The van der Waals surface area contributed by atoms with Crippen molar-refractivity contribution in [3.05, 3.63) is 84.4 Å². The zero-order valence-electron chi connectivity index (χ0n) is 14.1. The van der Waals surface area contributed by atoms with Gasteiger partial charge >= 0.3 is 0 Å². The Hall–Kier alpha value is -2.63. The van der Waals surface area contributed by atoms with Crippen LogP contribution < -0.4 is 9.46 Å². The molecule has 1 unspecified atom stereocenters. The summed E-state index contributed by atoms with van der Waals surface area (Å²) in [5, 5.41) is 0. The van der Waals surface area contributed by atoms with Crippen molar-refractivity contribution in [2.45, 2.75) is 17.4 Å². The Bertz CT molecular complexity index is 974. The number of hydrogen-bond donors (Lipinski definition) is 1. The maximum atomic E-state index is 12.5. The van der Waals surface area contributed by atoms with E-state index in [0.29, 0.717) is 6.42 Å². The molecule has 0 bridgehead atoms. The topological polar surface area (TPSA) is 55.4 Å². The highest BCUT2D eigenvalue weighted by Crippen LogP contribution is 2.28. The van der Waals surface area contributed by atoms with Crippen molar-refractivity contribution in [2.24, 2.45) is 0 Å². The lowest BCUT2D eigenvalue weighted by molar-refractivity contribution is 0.236. The minimum atomic E-state index is -3.56. The molecule has 1 aliphatic rings. The van der Waals surface area contributed by atoms with E-state index in [2.05, 4.69) is 4.72 Å². The number of para-hydroxylation sites is 1. The third-order valence-electron chi connectivity index (χ3n) is 4.49. The molecule has 132 valence electrons. The Morgan fingerprint density at radius 3 is 2.23 bits per heavy atom. The summed E-state index contributed by atoms with van der Waals surface area (Å²) in [6.07, 6.45) is 0.539. The van der Waals surface area contributed by atoms with Crippen LogP contribution in [0.3, 0.4) is 0 Å². The van der Waals surface area contributed by atoms with Crippen molar-refractivity contribution < 1.29 is 13.2 Å². The largest absolute Gasteiger partial charge is 0.488 e. The van der Waals surface area contributed by atoms with Gasteiger partial charge in [-0.25, -0.2) is 13.1 Å². The molecule has 0 amide bonds. The molecule has 1 aliphatic heterocycles. The molecule has 0 saturated heterocycles. The second kappa shape index (κ2) is 6.94. The number of rotatable bonds is 5. The fraction of sp³-hybridized carbons (Fsp3) is 0.143. The van der Waals surface area contributed by atoms with Gasteiger partial charge in [0.2, 0.25) is 10.0 Å². The lowest BCUT2D eigenvalue weighted by Crippen LogP contribution is -2.34. The molecule has 0 aromatic heterocycles. The fourth-order valence-corrected chi connectivity index (χ4v) is 4.18. The SMILES string of the molecule is O=S(=O)(NCC1Cc2ccccc2O1)c1ccc(-c2ccccc2)cc1. The maximum absolute atomic E-state index is 12.5. The molecule has 3 aromatic carbocycles. The lowest BCUT2D eigenvalue weighted by atomic mass is 10.1. The van der Waals surface area contributed by atoms with Crippen LogP contribution in [0.4, 0.5) is 0 Å². The molecule has 1 atom stereocenters. The van der Waals surface area contributed by atoms with Crippen molar-refractivity contribution in [1.82, 2.24) is 4.72 Å². The molecular weight excluding hydrogens is 346 g/mol. The second-order valence-corrected chi connectivity index (χ2v) is 8.06. The van der Waals surface area contributed by atoms with Crippen LogP contribution in [0.2, 0.25) is 0 Å². The number of nitrogens with one attached hydrogen (secondary N) is 1. The van der Waals surface area contributed by atoms with Gasteiger partial charge in [-0.2, -0.15) is 0 Å². The average molecular weight is 365 g/mol. The van der Waals surface area contributed by atoms with Gasteiger partial charge in [-0.3, -0.25) is 0 Å². The van der Waals surface area contributed by atoms with Crippen molar-refractivity contribution >= 4 is 10.0 Å². The first-order chi connectivity index (χ1) is 12.6. The van der Waals surface area contributed by atoms with E-state index in [4.69, 9.17) is 4.74 Å². The Morgan fingerprint density at radius 1 is 0.846 bits per heavy atom. The third-order valence-corrected chi connectivity index (χ3v) is 5.93. The fourth-order valence-electron chi connectivity index (χ4n) is 3.11. The van der Waals surface area contributed by atoms with Gasteiger partial charge < -0.3 is 4.74 Å². The minimum Gasteiger partial charge on any atom is -0.488 e. The summed E-state index contributed by atoms with van der Waals surface area (Å²) in [7, 11) is -3.56. The summed E-state index contributed by atoms with van der Waals surface area (Å²) in [5.41, 5.74) is 3.16.